The quantitative estimate of drug-likeness (QED) is 0.119. The van der Waals surface area contributed by atoms with Crippen molar-refractivity contribution in [2.75, 3.05) is 14.2 Å². The highest BCUT2D eigenvalue weighted by Gasteiger charge is 2.29. The standard InChI is InChI=1S/C40H52O4P2/c1-27(2)45(28(3)4)43-39-35(23-33(25-37(39)41-9)21-31-17-13-11-14-18-31)36-24-34(22-32-19-15-12-16-20-32)26-38(42-10)40(36)44-46(29(5)6)30(7)8/h11-20,23-30H,21-22H2,1-10H3. The molecule has 0 atom stereocenters. The Hall–Kier alpha value is -3.06. The molecule has 0 amide bonds. The van der Waals surface area contributed by atoms with E-state index >= 15 is 0 Å². The number of rotatable bonds is 15. The SMILES string of the molecule is COc1cc(Cc2ccccc2)cc(-c2cc(Cc3ccccc3)cc(OC)c2OP(C(C)C)C(C)C)c1OP(C(C)C)C(C)C. The Morgan fingerprint density at radius 2 is 0.783 bits per heavy atom. The molecule has 0 aromatic heterocycles. The molecule has 0 heterocycles. The summed E-state index contributed by atoms with van der Waals surface area (Å²) in [6.07, 6.45) is 1.55. The van der Waals surface area contributed by atoms with Crippen molar-refractivity contribution in [3.05, 3.63) is 107 Å². The van der Waals surface area contributed by atoms with Crippen molar-refractivity contribution in [2.24, 2.45) is 0 Å². The highest BCUT2D eigenvalue weighted by Crippen LogP contribution is 2.57. The minimum Gasteiger partial charge on any atom is -0.493 e. The van der Waals surface area contributed by atoms with Crippen LogP contribution in [0.25, 0.3) is 11.1 Å². The van der Waals surface area contributed by atoms with Gasteiger partial charge in [-0.15, -0.1) is 0 Å². The maximum Gasteiger partial charge on any atom is 0.173 e. The first kappa shape index (κ1) is 35.8. The predicted octanol–water partition coefficient (Wildman–Crippen LogP) is 11.7. The van der Waals surface area contributed by atoms with Crippen LogP contribution >= 0.6 is 16.3 Å². The summed E-state index contributed by atoms with van der Waals surface area (Å²) in [6, 6.07) is 30.0. The van der Waals surface area contributed by atoms with Crippen LogP contribution in [-0.2, 0) is 12.8 Å². The Labute approximate surface area is 280 Å². The molecule has 0 radical (unpaired) electrons. The third-order valence-electron chi connectivity index (χ3n) is 7.89. The van der Waals surface area contributed by atoms with Gasteiger partial charge in [0.05, 0.1) is 30.5 Å². The normalized spacial score (nSPS) is 11.7. The van der Waals surface area contributed by atoms with E-state index in [2.05, 4.69) is 140 Å². The average molecular weight is 659 g/mol. The second-order valence-electron chi connectivity index (χ2n) is 13.0. The van der Waals surface area contributed by atoms with Crippen LogP contribution in [0.3, 0.4) is 0 Å². The van der Waals surface area contributed by atoms with E-state index in [9.17, 15) is 0 Å². The largest absolute Gasteiger partial charge is 0.493 e. The van der Waals surface area contributed by atoms with E-state index in [1.165, 1.54) is 11.1 Å². The fourth-order valence-corrected chi connectivity index (χ4v) is 9.93. The molecule has 4 nitrogen and oxygen atoms in total. The molecular formula is C40H52O4P2. The zero-order chi connectivity index (χ0) is 33.4. The van der Waals surface area contributed by atoms with Crippen molar-refractivity contribution in [1.82, 2.24) is 0 Å². The average Bonchev–Trinajstić information content (AvgIpc) is 3.02. The van der Waals surface area contributed by atoms with Gasteiger partial charge in [-0.2, -0.15) is 0 Å². The van der Waals surface area contributed by atoms with Crippen LogP contribution in [0.15, 0.2) is 84.9 Å². The van der Waals surface area contributed by atoms with Gasteiger partial charge in [-0.05, 0) is 59.4 Å². The Kier molecular flexibility index (Phi) is 13.0. The molecule has 4 aromatic rings. The van der Waals surface area contributed by atoms with E-state index in [0.717, 1.165) is 58.1 Å². The van der Waals surface area contributed by atoms with Gasteiger partial charge in [-0.3, -0.25) is 0 Å². The topological polar surface area (TPSA) is 36.9 Å². The summed E-state index contributed by atoms with van der Waals surface area (Å²) in [7, 11) is 1.89. The first-order valence-corrected chi connectivity index (χ1v) is 19.2. The van der Waals surface area contributed by atoms with Gasteiger partial charge in [0, 0.05) is 33.8 Å². The van der Waals surface area contributed by atoms with Crippen molar-refractivity contribution in [2.45, 2.75) is 90.9 Å². The molecule has 0 N–H and O–H groups in total. The van der Waals surface area contributed by atoms with Crippen LogP contribution in [0.1, 0.15) is 77.6 Å². The molecule has 0 aliphatic rings. The Bertz CT molecular complexity index is 1400. The van der Waals surface area contributed by atoms with Crippen molar-refractivity contribution < 1.29 is 18.5 Å². The van der Waals surface area contributed by atoms with Crippen molar-refractivity contribution in [3.63, 3.8) is 0 Å². The van der Waals surface area contributed by atoms with Crippen LogP contribution in [0.2, 0.25) is 0 Å². The van der Waals surface area contributed by atoms with E-state index < -0.39 is 16.3 Å². The summed E-state index contributed by atoms with van der Waals surface area (Å²) in [5.74, 6) is 3.03. The predicted molar refractivity (Wildman–Crippen MR) is 199 cm³/mol. The molecule has 6 heteroatoms. The smallest absolute Gasteiger partial charge is 0.173 e. The van der Waals surface area contributed by atoms with Gasteiger partial charge < -0.3 is 18.5 Å². The Balaban J connectivity index is 2.03. The van der Waals surface area contributed by atoms with Crippen LogP contribution in [0, 0.1) is 0 Å². The van der Waals surface area contributed by atoms with Gasteiger partial charge in [0.25, 0.3) is 0 Å². The molecule has 0 aliphatic carbocycles. The molecule has 246 valence electrons. The van der Waals surface area contributed by atoms with E-state index in [4.69, 9.17) is 18.5 Å². The van der Waals surface area contributed by atoms with Crippen molar-refractivity contribution >= 4 is 16.3 Å². The molecule has 0 aliphatic heterocycles. The number of methoxy groups -OCH3 is 2. The molecule has 0 saturated carbocycles. The monoisotopic (exact) mass is 658 g/mol. The third kappa shape index (κ3) is 9.05. The summed E-state index contributed by atoms with van der Waals surface area (Å²) >= 11 is 0. The first-order chi connectivity index (χ1) is 22.0. The summed E-state index contributed by atoms with van der Waals surface area (Å²) in [6.45, 7) is 18.0. The number of benzene rings is 4. The van der Waals surface area contributed by atoms with E-state index in [1.807, 2.05) is 0 Å². The highest BCUT2D eigenvalue weighted by atomic mass is 31.1. The van der Waals surface area contributed by atoms with Gasteiger partial charge >= 0.3 is 0 Å². The summed E-state index contributed by atoms with van der Waals surface area (Å²) in [5, 5.41) is 0. The van der Waals surface area contributed by atoms with Gasteiger partial charge in [-0.1, -0.05) is 116 Å². The molecule has 0 bridgehead atoms. The molecule has 4 aromatic carbocycles. The van der Waals surface area contributed by atoms with Crippen LogP contribution in [0.5, 0.6) is 23.0 Å². The maximum absolute atomic E-state index is 7.09. The van der Waals surface area contributed by atoms with Gasteiger partial charge in [0.15, 0.2) is 23.0 Å². The fourth-order valence-electron chi connectivity index (χ4n) is 5.90. The number of hydrogen-bond donors (Lipinski definition) is 0. The highest BCUT2D eigenvalue weighted by molar-refractivity contribution is 7.54. The molecule has 0 saturated heterocycles. The van der Waals surface area contributed by atoms with Crippen LogP contribution in [-0.4, -0.2) is 36.9 Å². The fraction of sp³-hybridized carbons (Fsp3) is 0.400. The van der Waals surface area contributed by atoms with Crippen LogP contribution < -0.4 is 18.5 Å². The first-order valence-electron chi connectivity index (χ1n) is 16.4. The van der Waals surface area contributed by atoms with Gasteiger partial charge in [0.2, 0.25) is 0 Å². The zero-order valence-corrected chi connectivity index (χ0v) is 31.1. The lowest BCUT2D eigenvalue weighted by Gasteiger charge is -2.30. The summed E-state index contributed by atoms with van der Waals surface area (Å²) in [4.78, 5) is 0. The number of ether oxygens (including phenoxy) is 2. The summed E-state index contributed by atoms with van der Waals surface area (Å²) < 4.78 is 26.5. The summed E-state index contributed by atoms with van der Waals surface area (Å²) in [5.41, 5.74) is 8.24. The third-order valence-corrected chi connectivity index (χ3v) is 12.7. The van der Waals surface area contributed by atoms with E-state index in [1.54, 1.807) is 14.2 Å². The second-order valence-corrected chi connectivity index (χ2v) is 18.9. The lowest BCUT2D eigenvalue weighted by atomic mass is 9.94. The lowest BCUT2D eigenvalue weighted by molar-refractivity contribution is 0.394. The molecule has 0 spiro atoms. The molecular weight excluding hydrogens is 606 g/mol. The van der Waals surface area contributed by atoms with E-state index in [0.29, 0.717) is 22.6 Å². The zero-order valence-electron chi connectivity index (χ0n) is 29.3. The van der Waals surface area contributed by atoms with Crippen molar-refractivity contribution in [3.8, 4) is 34.1 Å². The number of hydrogen-bond acceptors (Lipinski definition) is 4. The Morgan fingerprint density at radius 3 is 1.07 bits per heavy atom. The van der Waals surface area contributed by atoms with E-state index in [-0.39, 0.29) is 0 Å². The maximum atomic E-state index is 7.09. The second kappa shape index (κ2) is 16.7. The molecule has 46 heavy (non-hydrogen) atoms. The van der Waals surface area contributed by atoms with Gasteiger partial charge in [0.1, 0.15) is 0 Å². The minimum atomic E-state index is -0.795. The van der Waals surface area contributed by atoms with Gasteiger partial charge in [-0.25, -0.2) is 0 Å². The molecule has 4 rings (SSSR count). The molecule has 0 unspecified atom stereocenters. The van der Waals surface area contributed by atoms with Crippen LogP contribution in [0.4, 0.5) is 0 Å². The Morgan fingerprint density at radius 1 is 0.457 bits per heavy atom. The molecule has 0 fully saturated rings. The minimum absolute atomic E-state index is 0.376. The van der Waals surface area contributed by atoms with Crippen molar-refractivity contribution in [1.29, 1.82) is 0 Å². The lowest BCUT2D eigenvalue weighted by Crippen LogP contribution is -2.11.